The van der Waals surface area contributed by atoms with E-state index < -0.39 is 0 Å². The molecule has 0 aromatic carbocycles. The predicted octanol–water partition coefficient (Wildman–Crippen LogP) is 1.69. The molecule has 0 saturated heterocycles. The molecule has 1 aliphatic rings. The van der Waals surface area contributed by atoms with Gasteiger partial charge in [-0.2, -0.15) is 0 Å². The van der Waals surface area contributed by atoms with Crippen LogP contribution in [0.15, 0.2) is 36.4 Å². The minimum atomic E-state index is 0.431. The summed E-state index contributed by atoms with van der Waals surface area (Å²) in [7, 11) is 0. The van der Waals surface area contributed by atoms with Crippen LogP contribution in [-0.2, 0) is 0 Å². The molecule has 1 aliphatic heterocycles. The Bertz CT molecular complexity index is 295. The molecule has 0 fully saturated rings. The van der Waals surface area contributed by atoms with Gasteiger partial charge >= 0.3 is 0 Å². The van der Waals surface area contributed by atoms with Gasteiger partial charge in [-0.25, -0.2) is 4.98 Å². The van der Waals surface area contributed by atoms with Gasteiger partial charge in [0.25, 0.3) is 0 Å². The van der Waals surface area contributed by atoms with Gasteiger partial charge in [-0.1, -0.05) is 6.07 Å². The molecule has 0 saturated carbocycles. The minimum Gasteiger partial charge on any atom is -0.511 e. The molecule has 12 heavy (non-hydrogen) atoms. The quantitative estimate of drug-likeness (QED) is 0.682. The Kier molecular flexibility index (Phi) is 1.70. The number of hydrogen-bond donors (Lipinski definition) is 1. The summed E-state index contributed by atoms with van der Waals surface area (Å²) in [5, 5.41) is 9.15. The Balaban J connectivity index is 2.22. The second kappa shape index (κ2) is 2.85. The summed E-state index contributed by atoms with van der Waals surface area (Å²) in [6.45, 7) is 0.822. The smallest absolute Gasteiger partial charge is 0.132 e. The normalized spacial score (nSPS) is 16.3. The van der Waals surface area contributed by atoms with Crippen LogP contribution in [0.25, 0.3) is 0 Å². The van der Waals surface area contributed by atoms with E-state index in [2.05, 4.69) is 4.98 Å². The molecular weight excluding hydrogens is 152 g/mol. The Labute approximate surface area is 71.0 Å². The predicted molar refractivity (Wildman–Crippen MR) is 46.9 cm³/mol. The molecule has 1 N–H and O–H groups in total. The zero-order valence-electron chi connectivity index (χ0n) is 6.64. The first kappa shape index (κ1) is 7.16. The molecule has 2 rings (SSSR count). The van der Waals surface area contributed by atoms with Crippen LogP contribution in [-0.4, -0.2) is 16.6 Å². The number of aromatic nitrogens is 1. The van der Waals surface area contributed by atoms with E-state index in [4.69, 9.17) is 5.11 Å². The van der Waals surface area contributed by atoms with Crippen molar-refractivity contribution in [2.45, 2.75) is 6.42 Å². The van der Waals surface area contributed by atoms with Crippen LogP contribution in [0, 0.1) is 0 Å². The number of hydrogen-bond acceptors (Lipinski definition) is 3. The molecular formula is C9H10N2O. The minimum absolute atomic E-state index is 0.431. The van der Waals surface area contributed by atoms with Gasteiger partial charge in [0.05, 0.1) is 0 Å². The van der Waals surface area contributed by atoms with Crippen molar-refractivity contribution in [1.29, 1.82) is 0 Å². The number of pyridine rings is 1. The van der Waals surface area contributed by atoms with Gasteiger partial charge < -0.3 is 10.0 Å². The van der Waals surface area contributed by atoms with E-state index in [1.807, 2.05) is 23.1 Å². The second-order valence-electron chi connectivity index (χ2n) is 2.75. The fourth-order valence-corrected chi connectivity index (χ4v) is 1.25. The molecule has 3 heteroatoms. The van der Waals surface area contributed by atoms with Gasteiger partial charge in [-0.15, -0.1) is 0 Å². The highest BCUT2D eigenvalue weighted by molar-refractivity contribution is 5.43. The molecule has 0 atom stereocenters. The standard InChI is InChI=1S/C9H10N2O/c12-8-4-6-11(7-8)9-3-1-2-5-10-9/h1-3,5,7,12H,4,6H2. The molecule has 0 aliphatic carbocycles. The summed E-state index contributed by atoms with van der Waals surface area (Å²) in [6.07, 6.45) is 4.19. The van der Waals surface area contributed by atoms with Crippen molar-refractivity contribution in [2.75, 3.05) is 11.4 Å². The maximum atomic E-state index is 9.15. The highest BCUT2D eigenvalue weighted by Gasteiger charge is 2.12. The van der Waals surface area contributed by atoms with Crippen molar-refractivity contribution in [1.82, 2.24) is 4.98 Å². The van der Waals surface area contributed by atoms with Crippen LogP contribution >= 0.6 is 0 Å². The summed E-state index contributed by atoms with van der Waals surface area (Å²) in [5.41, 5.74) is 0. The zero-order valence-corrected chi connectivity index (χ0v) is 6.64. The number of nitrogens with zero attached hydrogens (tertiary/aromatic N) is 2. The molecule has 62 valence electrons. The van der Waals surface area contributed by atoms with Crippen molar-refractivity contribution in [3.63, 3.8) is 0 Å². The van der Waals surface area contributed by atoms with Gasteiger partial charge in [-0.05, 0) is 12.1 Å². The summed E-state index contributed by atoms with van der Waals surface area (Å²) < 4.78 is 0. The van der Waals surface area contributed by atoms with Gasteiger partial charge in [0.1, 0.15) is 11.6 Å². The Morgan fingerprint density at radius 2 is 2.33 bits per heavy atom. The summed E-state index contributed by atoms with van der Waals surface area (Å²) in [6, 6.07) is 5.74. The van der Waals surface area contributed by atoms with E-state index in [1.165, 1.54) is 0 Å². The van der Waals surface area contributed by atoms with E-state index in [0.29, 0.717) is 5.76 Å². The summed E-state index contributed by atoms with van der Waals surface area (Å²) >= 11 is 0. The molecule has 1 aromatic rings. The van der Waals surface area contributed by atoms with Gasteiger partial charge in [0, 0.05) is 25.4 Å². The van der Waals surface area contributed by atoms with Crippen LogP contribution < -0.4 is 4.90 Å². The van der Waals surface area contributed by atoms with E-state index in [0.717, 1.165) is 18.8 Å². The first-order valence-corrected chi connectivity index (χ1v) is 3.93. The fraction of sp³-hybridized carbons (Fsp3) is 0.222. The van der Waals surface area contributed by atoms with E-state index in [1.54, 1.807) is 12.4 Å². The molecule has 3 nitrogen and oxygen atoms in total. The third kappa shape index (κ3) is 1.25. The van der Waals surface area contributed by atoms with Gasteiger partial charge in [0.2, 0.25) is 0 Å². The maximum Gasteiger partial charge on any atom is 0.132 e. The van der Waals surface area contributed by atoms with Crippen LogP contribution in [0.5, 0.6) is 0 Å². The van der Waals surface area contributed by atoms with E-state index in [9.17, 15) is 0 Å². The second-order valence-corrected chi connectivity index (χ2v) is 2.75. The topological polar surface area (TPSA) is 36.4 Å². The van der Waals surface area contributed by atoms with Gasteiger partial charge in [0.15, 0.2) is 0 Å². The average molecular weight is 162 g/mol. The summed E-state index contributed by atoms with van der Waals surface area (Å²) in [5.74, 6) is 1.32. The third-order valence-corrected chi connectivity index (χ3v) is 1.86. The lowest BCUT2D eigenvalue weighted by Crippen LogP contribution is -2.13. The molecule has 0 bridgehead atoms. The average Bonchev–Trinajstić information content (AvgIpc) is 2.54. The zero-order chi connectivity index (χ0) is 8.39. The summed E-state index contributed by atoms with van der Waals surface area (Å²) in [4.78, 5) is 6.11. The van der Waals surface area contributed by atoms with Crippen molar-refractivity contribution < 1.29 is 5.11 Å². The van der Waals surface area contributed by atoms with E-state index in [-0.39, 0.29) is 0 Å². The Hall–Kier alpha value is -1.51. The molecule has 2 heterocycles. The highest BCUT2D eigenvalue weighted by Crippen LogP contribution is 2.18. The Morgan fingerprint density at radius 1 is 1.42 bits per heavy atom. The lowest BCUT2D eigenvalue weighted by Gasteiger charge is -2.12. The van der Waals surface area contributed by atoms with Crippen molar-refractivity contribution in [2.24, 2.45) is 0 Å². The van der Waals surface area contributed by atoms with Crippen molar-refractivity contribution >= 4 is 5.82 Å². The van der Waals surface area contributed by atoms with Crippen LogP contribution in [0.2, 0.25) is 0 Å². The molecule has 0 amide bonds. The SMILES string of the molecule is OC1=CN(c2ccccn2)CC1. The highest BCUT2D eigenvalue weighted by atomic mass is 16.3. The molecule has 0 unspecified atom stereocenters. The number of aliphatic hydroxyl groups is 1. The van der Waals surface area contributed by atoms with Crippen molar-refractivity contribution in [3.8, 4) is 0 Å². The molecule has 0 spiro atoms. The monoisotopic (exact) mass is 162 g/mol. The lowest BCUT2D eigenvalue weighted by molar-refractivity contribution is 0.400. The first-order valence-electron chi connectivity index (χ1n) is 3.93. The Morgan fingerprint density at radius 3 is 2.92 bits per heavy atom. The molecule has 1 aromatic heterocycles. The third-order valence-electron chi connectivity index (χ3n) is 1.86. The number of aliphatic hydroxyl groups excluding tert-OH is 1. The van der Waals surface area contributed by atoms with Crippen LogP contribution in [0.1, 0.15) is 6.42 Å². The van der Waals surface area contributed by atoms with Crippen LogP contribution in [0.4, 0.5) is 5.82 Å². The number of anilines is 1. The van der Waals surface area contributed by atoms with Crippen LogP contribution in [0.3, 0.4) is 0 Å². The largest absolute Gasteiger partial charge is 0.511 e. The van der Waals surface area contributed by atoms with Gasteiger partial charge in [-0.3, -0.25) is 0 Å². The first-order chi connectivity index (χ1) is 5.86. The number of rotatable bonds is 1. The van der Waals surface area contributed by atoms with E-state index >= 15 is 0 Å². The maximum absolute atomic E-state index is 9.15. The lowest BCUT2D eigenvalue weighted by atomic mass is 10.4. The molecule has 0 radical (unpaired) electrons. The van der Waals surface area contributed by atoms with Crippen molar-refractivity contribution in [3.05, 3.63) is 36.4 Å². The fourth-order valence-electron chi connectivity index (χ4n) is 1.25.